The molecule has 2 aromatic carbocycles. The van der Waals surface area contributed by atoms with Crippen molar-refractivity contribution in [3.8, 4) is 0 Å². The normalized spacial score (nSPS) is 17.5. The Morgan fingerprint density at radius 2 is 2.00 bits per heavy atom. The number of benzene rings is 2. The highest BCUT2D eigenvalue weighted by Gasteiger charge is 2.49. The maximum absolute atomic E-state index is 13.8. The first-order chi connectivity index (χ1) is 15.4. The number of carbonyl (C=O) groups is 1. The van der Waals surface area contributed by atoms with Gasteiger partial charge in [0.1, 0.15) is 11.6 Å². The van der Waals surface area contributed by atoms with Crippen LogP contribution in [0.1, 0.15) is 47.2 Å². The van der Waals surface area contributed by atoms with E-state index in [4.69, 9.17) is 16.6 Å². The molecule has 1 amide bonds. The van der Waals surface area contributed by atoms with E-state index in [9.17, 15) is 19.1 Å². The number of hydrogen-bond acceptors (Lipinski definition) is 4. The van der Waals surface area contributed by atoms with Crippen molar-refractivity contribution in [2.45, 2.75) is 37.3 Å². The van der Waals surface area contributed by atoms with Crippen molar-refractivity contribution < 1.29 is 14.3 Å². The molecule has 5 rings (SSSR count). The van der Waals surface area contributed by atoms with Crippen molar-refractivity contribution in [2.24, 2.45) is 0 Å². The van der Waals surface area contributed by atoms with Gasteiger partial charge in [0.25, 0.3) is 11.5 Å². The summed E-state index contributed by atoms with van der Waals surface area (Å²) in [6, 6.07) is 13.0. The van der Waals surface area contributed by atoms with E-state index < -0.39 is 17.4 Å². The Labute approximate surface area is 188 Å². The Morgan fingerprint density at radius 1 is 1.22 bits per heavy atom. The lowest BCUT2D eigenvalue weighted by molar-refractivity contribution is -0.141. The van der Waals surface area contributed by atoms with Gasteiger partial charge in [-0.05, 0) is 36.6 Å². The zero-order valence-electron chi connectivity index (χ0n) is 17.1. The third-order valence-electron chi connectivity index (χ3n) is 6.39. The fraction of sp³-hybridized carbons (Fsp3) is 0.292. The number of H-pyrrole nitrogens is 1. The molecule has 0 radical (unpaired) electrons. The molecule has 1 aliphatic heterocycles. The lowest BCUT2D eigenvalue weighted by Crippen LogP contribution is -2.42. The number of halogens is 2. The first kappa shape index (κ1) is 20.8. The topological polar surface area (TPSA) is 86.3 Å². The molecule has 0 unspecified atom stereocenters. The van der Waals surface area contributed by atoms with E-state index in [0.717, 1.165) is 18.4 Å². The van der Waals surface area contributed by atoms with E-state index in [2.05, 4.69) is 4.98 Å². The summed E-state index contributed by atoms with van der Waals surface area (Å²) in [5.74, 6) is -0.284. The van der Waals surface area contributed by atoms with E-state index in [0.29, 0.717) is 40.6 Å². The van der Waals surface area contributed by atoms with Crippen molar-refractivity contribution in [3.63, 3.8) is 0 Å². The van der Waals surface area contributed by atoms with E-state index >= 15 is 0 Å². The Balaban J connectivity index is 1.41. The molecular formula is C24H21ClFN3O3. The molecule has 2 aliphatic rings. The van der Waals surface area contributed by atoms with Crippen LogP contribution < -0.4 is 5.56 Å². The zero-order valence-corrected chi connectivity index (χ0v) is 17.9. The molecule has 2 heterocycles. The van der Waals surface area contributed by atoms with Crippen molar-refractivity contribution >= 4 is 17.5 Å². The van der Waals surface area contributed by atoms with Crippen LogP contribution >= 0.6 is 11.6 Å². The lowest BCUT2D eigenvalue weighted by atomic mass is 9.94. The molecule has 3 aromatic rings. The van der Waals surface area contributed by atoms with Crippen LogP contribution in [0.2, 0.25) is 5.02 Å². The summed E-state index contributed by atoms with van der Waals surface area (Å²) in [6.07, 6.45) is 0.561. The van der Waals surface area contributed by atoms with Gasteiger partial charge in [0.05, 0.1) is 23.2 Å². The monoisotopic (exact) mass is 453 g/mol. The Kier molecular flexibility index (Phi) is 5.10. The number of nitrogens with one attached hydrogen (secondary N) is 1. The van der Waals surface area contributed by atoms with Crippen LogP contribution in [0.15, 0.2) is 53.3 Å². The van der Waals surface area contributed by atoms with Gasteiger partial charge in [-0.1, -0.05) is 41.9 Å². The first-order valence-corrected chi connectivity index (χ1v) is 10.9. The van der Waals surface area contributed by atoms with E-state index in [-0.39, 0.29) is 17.9 Å². The SMILES string of the molecule is O=C([C@H](O)c1ccccc1Cl)N1CCc2nc(C3(c4cccc(F)c4)CC3)[nH]c(=O)c2C1. The number of hydrogen-bond donors (Lipinski definition) is 2. The van der Waals surface area contributed by atoms with E-state index in [1.807, 2.05) is 6.07 Å². The minimum absolute atomic E-state index is 0.0608. The Morgan fingerprint density at radius 3 is 2.72 bits per heavy atom. The number of aromatic nitrogens is 2. The predicted molar refractivity (Wildman–Crippen MR) is 117 cm³/mol. The zero-order chi connectivity index (χ0) is 22.5. The Hall–Kier alpha value is -3.03. The smallest absolute Gasteiger partial charge is 0.256 e. The molecule has 32 heavy (non-hydrogen) atoms. The van der Waals surface area contributed by atoms with Crippen LogP contribution in [0, 0.1) is 5.82 Å². The highest BCUT2D eigenvalue weighted by atomic mass is 35.5. The number of amides is 1. The number of aliphatic hydroxyl groups excluding tert-OH is 1. The molecule has 1 fully saturated rings. The molecular weight excluding hydrogens is 433 g/mol. The highest BCUT2D eigenvalue weighted by Crippen LogP contribution is 2.52. The summed E-state index contributed by atoms with van der Waals surface area (Å²) in [4.78, 5) is 34.9. The molecule has 2 N–H and O–H groups in total. The molecule has 164 valence electrons. The van der Waals surface area contributed by atoms with E-state index in [1.165, 1.54) is 17.0 Å². The number of carbonyl (C=O) groups excluding carboxylic acids is 1. The second kappa shape index (κ2) is 7.83. The van der Waals surface area contributed by atoms with Gasteiger partial charge >= 0.3 is 0 Å². The lowest BCUT2D eigenvalue weighted by Gasteiger charge is -2.30. The first-order valence-electron chi connectivity index (χ1n) is 10.5. The summed E-state index contributed by atoms with van der Waals surface area (Å²) in [7, 11) is 0. The van der Waals surface area contributed by atoms with Gasteiger partial charge < -0.3 is 15.0 Å². The van der Waals surface area contributed by atoms with E-state index in [1.54, 1.807) is 30.3 Å². The van der Waals surface area contributed by atoms with Gasteiger partial charge in [-0.15, -0.1) is 0 Å². The summed E-state index contributed by atoms with van der Waals surface area (Å²) in [5.41, 5.74) is 1.41. The molecule has 6 nitrogen and oxygen atoms in total. The third-order valence-corrected chi connectivity index (χ3v) is 6.74. The predicted octanol–water partition coefficient (Wildman–Crippen LogP) is 3.26. The number of nitrogens with zero attached hydrogens (tertiary/aromatic N) is 2. The van der Waals surface area contributed by atoms with Gasteiger partial charge in [-0.25, -0.2) is 9.37 Å². The molecule has 0 saturated heterocycles. The summed E-state index contributed by atoms with van der Waals surface area (Å²) in [5, 5.41) is 10.8. The van der Waals surface area contributed by atoms with Gasteiger partial charge in [-0.3, -0.25) is 9.59 Å². The number of aliphatic hydroxyl groups is 1. The second-order valence-electron chi connectivity index (χ2n) is 8.37. The summed E-state index contributed by atoms with van der Waals surface area (Å²) < 4.78 is 13.8. The fourth-order valence-corrected chi connectivity index (χ4v) is 4.66. The standard InChI is InChI=1S/C24H21ClFN3O3/c25-18-7-2-1-6-16(18)20(30)22(32)29-11-8-19-17(13-29)21(31)28-23(27-19)24(9-10-24)14-4-3-5-15(26)12-14/h1-7,12,20,30H,8-11,13H2,(H,27,28,31)/t20-/m1/s1. The molecule has 1 saturated carbocycles. The quantitative estimate of drug-likeness (QED) is 0.635. The second-order valence-corrected chi connectivity index (χ2v) is 8.77. The van der Waals surface area contributed by atoms with Gasteiger partial charge in [0.15, 0.2) is 6.10 Å². The van der Waals surface area contributed by atoms with Crippen LogP contribution in [0.25, 0.3) is 0 Å². The van der Waals surface area contributed by atoms with Crippen molar-refractivity contribution in [2.75, 3.05) is 6.54 Å². The maximum Gasteiger partial charge on any atom is 0.256 e. The summed E-state index contributed by atoms with van der Waals surface area (Å²) >= 11 is 6.12. The molecule has 1 aliphatic carbocycles. The molecule has 0 bridgehead atoms. The fourth-order valence-electron chi connectivity index (χ4n) is 4.42. The maximum atomic E-state index is 13.8. The number of fused-ring (bicyclic) bond motifs is 1. The largest absolute Gasteiger partial charge is 0.378 e. The van der Waals surface area contributed by atoms with Gasteiger partial charge in [-0.2, -0.15) is 0 Å². The summed E-state index contributed by atoms with van der Waals surface area (Å²) in [6.45, 7) is 0.390. The average Bonchev–Trinajstić information content (AvgIpc) is 3.60. The molecule has 1 aromatic heterocycles. The van der Waals surface area contributed by atoms with Crippen molar-refractivity contribution in [1.29, 1.82) is 0 Å². The minimum Gasteiger partial charge on any atom is -0.378 e. The minimum atomic E-state index is -1.40. The van der Waals surface area contributed by atoms with Crippen LogP contribution in [0.3, 0.4) is 0 Å². The molecule has 8 heteroatoms. The molecule has 0 spiro atoms. The average molecular weight is 454 g/mol. The highest BCUT2D eigenvalue weighted by molar-refractivity contribution is 6.31. The van der Waals surface area contributed by atoms with Crippen LogP contribution in [-0.4, -0.2) is 32.4 Å². The number of aromatic amines is 1. The van der Waals surface area contributed by atoms with Crippen LogP contribution in [-0.2, 0) is 23.2 Å². The van der Waals surface area contributed by atoms with Crippen LogP contribution in [0.5, 0.6) is 0 Å². The van der Waals surface area contributed by atoms with Crippen molar-refractivity contribution in [1.82, 2.24) is 14.9 Å². The number of rotatable bonds is 4. The van der Waals surface area contributed by atoms with Crippen molar-refractivity contribution in [3.05, 3.63) is 97.9 Å². The van der Waals surface area contributed by atoms with Gasteiger partial charge in [0, 0.05) is 23.6 Å². The Bertz CT molecular complexity index is 1270. The molecule has 1 atom stereocenters. The third kappa shape index (κ3) is 3.51. The van der Waals surface area contributed by atoms with Gasteiger partial charge in [0.2, 0.25) is 0 Å². The van der Waals surface area contributed by atoms with Crippen LogP contribution in [0.4, 0.5) is 4.39 Å².